The van der Waals surface area contributed by atoms with Gasteiger partial charge in [-0.05, 0) is 26.2 Å². The average molecular weight is 275 g/mol. The van der Waals surface area contributed by atoms with Gasteiger partial charge in [0.05, 0.1) is 11.2 Å². The Balaban J connectivity index is 2.18. The van der Waals surface area contributed by atoms with Crippen LogP contribution in [0.1, 0.15) is 18.4 Å². The Kier molecular flexibility index (Phi) is 3.53. The molecule has 1 aliphatic rings. The molecule has 0 bridgehead atoms. The highest BCUT2D eigenvalue weighted by molar-refractivity contribution is 7.91. The van der Waals surface area contributed by atoms with Gasteiger partial charge in [-0.1, -0.05) is 0 Å². The van der Waals surface area contributed by atoms with E-state index < -0.39 is 10.0 Å². The van der Waals surface area contributed by atoms with E-state index in [1.807, 2.05) is 6.92 Å². The van der Waals surface area contributed by atoms with Gasteiger partial charge in [-0.2, -0.15) is 4.31 Å². The third kappa shape index (κ3) is 2.52. The second kappa shape index (κ2) is 4.64. The smallest absolute Gasteiger partial charge is 0.254 e. The number of rotatable bonds is 3. The SMILES string of the molecule is Cc1ncc(S(=O)(=O)N2CCC(C(C)N)C2)s1. The highest BCUT2D eigenvalue weighted by Gasteiger charge is 2.34. The standard InChI is InChI=1S/C10H17N3O2S2/c1-7(11)9-3-4-13(6-9)17(14,15)10-5-12-8(2)16-10/h5,7,9H,3-4,6,11H2,1-2H3. The van der Waals surface area contributed by atoms with Crippen molar-refractivity contribution >= 4 is 21.4 Å². The molecule has 2 heterocycles. The van der Waals surface area contributed by atoms with Crippen LogP contribution >= 0.6 is 11.3 Å². The van der Waals surface area contributed by atoms with Crippen LogP contribution in [0.3, 0.4) is 0 Å². The zero-order valence-electron chi connectivity index (χ0n) is 9.96. The van der Waals surface area contributed by atoms with Crippen LogP contribution in [-0.4, -0.2) is 36.8 Å². The first-order chi connectivity index (χ1) is 7.91. The second-order valence-electron chi connectivity index (χ2n) is 4.47. The summed E-state index contributed by atoms with van der Waals surface area (Å²) in [5.74, 6) is 0.263. The van der Waals surface area contributed by atoms with E-state index in [1.165, 1.54) is 21.8 Å². The molecule has 0 saturated carbocycles. The third-order valence-electron chi connectivity index (χ3n) is 3.13. The summed E-state index contributed by atoms with van der Waals surface area (Å²) in [6.45, 7) is 4.82. The molecule has 1 aromatic heterocycles. The van der Waals surface area contributed by atoms with Crippen molar-refractivity contribution in [3.8, 4) is 0 Å². The van der Waals surface area contributed by atoms with Gasteiger partial charge in [0, 0.05) is 19.1 Å². The molecule has 1 fully saturated rings. The molecular weight excluding hydrogens is 258 g/mol. The fraction of sp³-hybridized carbons (Fsp3) is 0.700. The number of thiazole rings is 1. The van der Waals surface area contributed by atoms with E-state index in [1.54, 1.807) is 6.92 Å². The van der Waals surface area contributed by atoms with Crippen molar-refractivity contribution in [1.29, 1.82) is 0 Å². The zero-order valence-corrected chi connectivity index (χ0v) is 11.6. The van der Waals surface area contributed by atoms with E-state index in [0.29, 0.717) is 17.3 Å². The van der Waals surface area contributed by atoms with Gasteiger partial charge in [-0.3, -0.25) is 0 Å². The van der Waals surface area contributed by atoms with Crippen LogP contribution in [0.15, 0.2) is 10.4 Å². The summed E-state index contributed by atoms with van der Waals surface area (Å²) in [4.78, 5) is 4.00. The molecule has 5 nitrogen and oxygen atoms in total. The summed E-state index contributed by atoms with van der Waals surface area (Å²) in [5.41, 5.74) is 5.81. The lowest BCUT2D eigenvalue weighted by Gasteiger charge is -2.16. The van der Waals surface area contributed by atoms with E-state index in [4.69, 9.17) is 5.73 Å². The largest absolute Gasteiger partial charge is 0.328 e. The van der Waals surface area contributed by atoms with Crippen LogP contribution in [0.2, 0.25) is 0 Å². The predicted molar refractivity (Wildman–Crippen MR) is 67.4 cm³/mol. The molecule has 7 heteroatoms. The minimum atomic E-state index is -3.35. The number of nitrogens with two attached hydrogens (primary N) is 1. The van der Waals surface area contributed by atoms with E-state index in [9.17, 15) is 8.42 Å². The topological polar surface area (TPSA) is 76.3 Å². The number of aryl methyl sites for hydroxylation is 1. The van der Waals surface area contributed by atoms with Crippen LogP contribution in [0.25, 0.3) is 0 Å². The molecule has 0 amide bonds. The first-order valence-electron chi connectivity index (χ1n) is 5.59. The van der Waals surface area contributed by atoms with Crippen LogP contribution in [0.4, 0.5) is 0 Å². The summed E-state index contributed by atoms with van der Waals surface area (Å²) in [7, 11) is -3.35. The van der Waals surface area contributed by atoms with Crippen molar-refractivity contribution in [2.45, 2.75) is 30.5 Å². The van der Waals surface area contributed by atoms with Gasteiger partial charge in [0.25, 0.3) is 10.0 Å². The van der Waals surface area contributed by atoms with E-state index >= 15 is 0 Å². The molecule has 2 unspecified atom stereocenters. The van der Waals surface area contributed by atoms with Crippen LogP contribution in [0, 0.1) is 12.8 Å². The Bertz CT molecular complexity index is 495. The summed E-state index contributed by atoms with van der Waals surface area (Å²) >= 11 is 1.22. The van der Waals surface area contributed by atoms with E-state index in [0.717, 1.165) is 11.4 Å². The van der Waals surface area contributed by atoms with Crippen molar-refractivity contribution < 1.29 is 8.42 Å². The van der Waals surface area contributed by atoms with Crippen molar-refractivity contribution in [1.82, 2.24) is 9.29 Å². The molecule has 1 aromatic rings. The van der Waals surface area contributed by atoms with Crippen molar-refractivity contribution in [3.05, 3.63) is 11.2 Å². The second-order valence-corrected chi connectivity index (χ2v) is 7.87. The van der Waals surface area contributed by atoms with E-state index in [-0.39, 0.29) is 12.0 Å². The van der Waals surface area contributed by atoms with Gasteiger partial charge in [0.2, 0.25) is 0 Å². The minimum absolute atomic E-state index is 0.0402. The van der Waals surface area contributed by atoms with Gasteiger partial charge < -0.3 is 5.73 Å². The molecule has 0 spiro atoms. The number of hydrogen-bond donors (Lipinski definition) is 1. The van der Waals surface area contributed by atoms with Gasteiger partial charge in [-0.25, -0.2) is 13.4 Å². The van der Waals surface area contributed by atoms with Gasteiger partial charge in [0.1, 0.15) is 0 Å². The highest BCUT2D eigenvalue weighted by atomic mass is 32.2. The molecule has 2 rings (SSSR count). The summed E-state index contributed by atoms with van der Waals surface area (Å²) in [5, 5.41) is 0.770. The number of aromatic nitrogens is 1. The maximum atomic E-state index is 12.3. The Morgan fingerprint density at radius 3 is 2.82 bits per heavy atom. The molecular formula is C10H17N3O2S2. The predicted octanol–water partition coefficient (Wildman–Crippen LogP) is 0.809. The number of sulfonamides is 1. The Labute approximate surface area is 106 Å². The Morgan fingerprint density at radius 2 is 2.35 bits per heavy atom. The zero-order chi connectivity index (χ0) is 12.6. The fourth-order valence-corrected chi connectivity index (χ4v) is 4.76. The summed E-state index contributed by atoms with van der Waals surface area (Å²) < 4.78 is 26.4. The number of hydrogen-bond acceptors (Lipinski definition) is 5. The van der Waals surface area contributed by atoms with Gasteiger partial charge in [0.15, 0.2) is 4.21 Å². The Hall–Kier alpha value is -0.500. The summed E-state index contributed by atoms with van der Waals surface area (Å²) in [6, 6.07) is 0.0402. The maximum Gasteiger partial charge on any atom is 0.254 e. The third-order valence-corrected chi connectivity index (χ3v) is 6.34. The fourth-order valence-electron chi connectivity index (χ4n) is 1.99. The van der Waals surface area contributed by atoms with Gasteiger partial charge >= 0.3 is 0 Å². The lowest BCUT2D eigenvalue weighted by molar-refractivity contribution is 0.430. The first-order valence-corrected chi connectivity index (χ1v) is 7.85. The molecule has 1 aliphatic heterocycles. The monoisotopic (exact) mass is 275 g/mol. The molecule has 0 aromatic carbocycles. The number of nitrogens with zero attached hydrogens (tertiary/aromatic N) is 2. The molecule has 17 heavy (non-hydrogen) atoms. The maximum absolute atomic E-state index is 12.3. The molecule has 2 atom stereocenters. The quantitative estimate of drug-likeness (QED) is 0.885. The van der Waals surface area contributed by atoms with Crippen LogP contribution in [-0.2, 0) is 10.0 Å². The lowest BCUT2D eigenvalue weighted by atomic mass is 10.0. The molecule has 0 radical (unpaired) electrons. The molecule has 96 valence electrons. The van der Waals surface area contributed by atoms with Crippen molar-refractivity contribution in [2.24, 2.45) is 11.7 Å². The van der Waals surface area contributed by atoms with E-state index in [2.05, 4.69) is 4.98 Å². The van der Waals surface area contributed by atoms with Crippen molar-refractivity contribution in [3.63, 3.8) is 0 Å². The molecule has 2 N–H and O–H groups in total. The first kappa shape index (κ1) is 12.9. The Morgan fingerprint density at radius 1 is 1.65 bits per heavy atom. The highest BCUT2D eigenvalue weighted by Crippen LogP contribution is 2.28. The summed E-state index contributed by atoms with van der Waals surface area (Å²) in [6.07, 6.45) is 2.28. The van der Waals surface area contributed by atoms with Gasteiger partial charge in [-0.15, -0.1) is 11.3 Å². The van der Waals surface area contributed by atoms with Crippen molar-refractivity contribution in [2.75, 3.05) is 13.1 Å². The molecule has 1 saturated heterocycles. The average Bonchev–Trinajstić information content (AvgIpc) is 2.85. The normalized spacial score (nSPS) is 24.1. The van der Waals surface area contributed by atoms with Crippen LogP contribution < -0.4 is 5.73 Å². The minimum Gasteiger partial charge on any atom is -0.328 e. The lowest BCUT2D eigenvalue weighted by Crippen LogP contribution is -2.32. The van der Waals surface area contributed by atoms with Crippen LogP contribution in [0.5, 0.6) is 0 Å². The molecule has 0 aliphatic carbocycles.